The summed E-state index contributed by atoms with van der Waals surface area (Å²) in [4.78, 5) is 0. The SMILES string of the molecule is C1=CCC(C2(c3cccc4c3Cc3ccccc3-4)CCCC2)=C1.[Cl-].[Cl-].[Zr+2]. The fourth-order valence-corrected chi connectivity index (χ4v) is 5.15. The van der Waals surface area contributed by atoms with Crippen molar-refractivity contribution in [1.82, 2.24) is 0 Å². The molecule has 0 atom stereocenters. The maximum absolute atomic E-state index is 2.43. The smallest absolute Gasteiger partial charge is 1.00 e. The summed E-state index contributed by atoms with van der Waals surface area (Å²) < 4.78 is 0. The third-order valence-corrected chi connectivity index (χ3v) is 6.21. The van der Waals surface area contributed by atoms with Gasteiger partial charge >= 0.3 is 26.2 Å². The Balaban J connectivity index is 0.000000810. The zero-order chi connectivity index (χ0) is 15.3. The first-order chi connectivity index (χ1) is 11.4. The van der Waals surface area contributed by atoms with Crippen LogP contribution < -0.4 is 24.8 Å². The number of rotatable bonds is 2. The molecule has 0 saturated heterocycles. The molecule has 0 bridgehead atoms. The minimum Gasteiger partial charge on any atom is -1.00 e. The van der Waals surface area contributed by atoms with Crippen LogP contribution in [0.2, 0.25) is 0 Å². The van der Waals surface area contributed by atoms with Gasteiger partial charge in [-0.3, -0.25) is 0 Å². The molecule has 2 aromatic rings. The Labute approximate surface area is 188 Å². The molecule has 3 aliphatic rings. The van der Waals surface area contributed by atoms with Crippen LogP contribution in [-0.2, 0) is 38.0 Å². The summed E-state index contributed by atoms with van der Waals surface area (Å²) in [6.45, 7) is 0. The molecule has 0 nitrogen and oxygen atoms in total. The van der Waals surface area contributed by atoms with E-state index >= 15 is 0 Å². The number of allylic oxidation sites excluding steroid dienone is 4. The van der Waals surface area contributed by atoms with Crippen molar-refractivity contribution in [2.24, 2.45) is 0 Å². The van der Waals surface area contributed by atoms with Gasteiger partial charge in [0.25, 0.3) is 0 Å². The van der Waals surface area contributed by atoms with Crippen molar-refractivity contribution in [3.05, 3.63) is 83.0 Å². The van der Waals surface area contributed by atoms with Gasteiger partial charge in [0.15, 0.2) is 0 Å². The fourth-order valence-electron chi connectivity index (χ4n) is 5.15. The Morgan fingerprint density at radius 1 is 0.808 bits per heavy atom. The molecule has 3 heteroatoms. The first-order valence-corrected chi connectivity index (χ1v) is 8.95. The molecule has 1 saturated carbocycles. The quantitative estimate of drug-likeness (QED) is 0.504. The van der Waals surface area contributed by atoms with Crippen molar-refractivity contribution in [3.63, 3.8) is 0 Å². The topological polar surface area (TPSA) is 0 Å². The maximum Gasteiger partial charge on any atom is 2.00 e. The van der Waals surface area contributed by atoms with Crippen molar-refractivity contribution in [1.29, 1.82) is 0 Å². The minimum absolute atomic E-state index is 0. The zero-order valence-corrected chi connectivity index (χ0v) is 18.7. The van der Waals surface area contributed by atoms with Crippen LogP contribution in [0.15, 0.2) is 66.3 Å². The summed E-state index contributed by atoms with van der Waals surface area (Å²) in [7, 11) is 0. The van der Waals surface area contributed by atoms with E-state index in [-0.39, 0.29) is 51.0 Å². The summed E-state index contributed by atoms with van der Waals surface area (Å²) >= 11 is 0. The van der Waals surface area contributed by atoms with Gasteiger partial charge in [-0.25, -0.2) is 0 Å². The van der Waals surface area contributed by atoms with Gasteiger partial charge in [-0.05, 0) is 53.5 Å². The molecular weight excluding hydrogens is 438 g/mol. The molecule has 0 radical (unpaired) electrons. The Bertz CT molecular complexity index is 845. The average molecular weight is 461 g/mol. The van der Waals surface area contributed by atoms with Crippen LogP contribution in [0, 0.1) is 0 Å². The summed E-state index contributed by atoms with van der Waals surface area (Å²) in [5, 5.41) is 0. The number of benzene rings is 2. The van der Waals surface area contributed by atoms with Gasteiger partial charge in [-0.15, -0.1) is 0 Å². The standard InChI is InChI=1S/C23H22.2ClH.Zr/c1-4-11-19-17(8-1)16-21-20(19)12-7-13-22(21)23(14-5-6-15-23)18-9-2-3-10-18;;;/h1-4,7-9,11-13H,5-6,10,14-16H2;2*1H;/q;;;+2/p-2. The molecule has 5 rings (SSSR count). The molecule has 26 heavy (non-hydrogen) atoms. The molecule has 2 aromatic carbocycles. The second-order valence-electron chi connectivity index (χ2n) is 7.28. The predicted molar refractivity (Wildman–Crippen MR) is 96.7 cm³/mol. The summed E-state index contributed by atoms with van der Waals surface area (Å²) in [5.74, 6) is 0. The van der Waals surface area contributed by atoms with Crippen LogP contribution in [0.3, 0.4) is 0 Å². The largest absolute Gasteiger partial charge is 2.00 e. The van der Waals surface area contributed by atoms with E-state index in [1.165, 1.54) is 42.4 Å². The fraction of sp³-hybridized carbons (Fsp3) is 0.304. The molecule has 0 aromatic heterocycles. The molecule has 0 spiro atoms. The van der Waals surface area contributed by atoms with Crippen molar-refractivity contribution >= 4 is 0 Å². The van der Waals surface area contributed by atoms with Crippen molar-refractivity contribution < 1.29 is 51.0 Å². The van der Waals surface area contributed by atoms with Crippen LogP contribution in [0.5, 0.6) is 0 Å². The van der Waals surface area contributed by atoms with E-state index in [1.807, 2.05) is 0 Å². The van der Waals surface area contributed by atoms with Gasteiger partial charge in [0, 0.05) is 5.41 Å². The van der Waals surface area contributed by atoms with Gasteiger partial charge < -0.3 is 24.8 Å². The van der Waals surface area contributed by atoms with E-state index in [1.54, 1.807) is 16.7 Å². The Morgan fingerprint density at radius 2 is 1.54 bits per heavy atom. The summed E-state index contributed by atoms with van der Waals surface area (Å²) in [5.41, 5.74) is 9.62. The van der Waals surface area contributed by atoms with Crippen molar-refractivity contribution in [2.45, 2.75) is 43.9 Å². The summed E-state index contributed by atoms with van der Waals surface area (Å²) in [6.07, 6.45) is 14.6. The van der Waals surface area contributed by atoms with E-state index in [0.29, 0.717) is 5.41 Å². The first kappa shape index (κ1) is 21.7. The summed E-state index contributed by atoms with van der Waals surface area (Å²) in [6, 6.07) is 16.0. The van der Waals surface area contributed by atoms with E-state index in [4.69, 9.17) is 0 Å². The van der Waals surface area contributed by atoms with Crippen LogP contribution >= 0.6 is 0 Å². The molecule has 0 amide bonds. The molecule has 0 aliphatic heterocycles. The molecule has 1 fully saturated rings. The number of halogens is 2. The first-order valence-electron chi connectivity index (χ1n) is 8.95. The Kier molecular flexibility index (Phi) is 7.17. The molecular formula is C23H22Cl2Zr. The van der Waals surface area contributed by atoms with Gasteiger partial charge in [-0.1, -0.05) is 79.1 Å². The van der Waals surface area contributed by atoms with E-state index in [9.17, 15) is 0 Å². The third kappa shape index (κ3) is 3.21. The molecule has 0 unspecified atom stereocenters. The molecule has 0 N–H and O–H groups in total. The van der Waals surface area contributed by atoms with Gasteiger partial charge in [-0.2, -0.15) is 0 Å². The second kappa shape index (κ2) is 8.60. The number of fused-ring (bicyclic) bond motifs is 3. The number of hydrogen-bond acceptors (Lipinski definition) is 0. The van der Waals surface area contributed by atoms with E-state index in [2.05, 4.69) is 60.7 Å². The van der Waals surface area contributed by atoms with Crippen molar-refractivity contribution in [3.8, 4) is 11.1 Å². The van der Waals surface area contributed by atoms with Crippen LogP contribution in [0.4, 0.5) is 0 Å². The van der Waals surface area contributed by atoms with Crippen molar-refractivity contribution in [2.75, 3.05) is 0 Å². The van der Waals surface area contributed by atoms with Crippen LogP contribution in [0.1, 0.15) is 48.8 Å². The molecule has 132 valence electrons. The number of hydrogen-bond donors (Lipinski definition) is 0. The second-order valence-corrected chi connectivity index (χ2v) is 7.28. The van der Waals surface area contributed by atoms with E-state index in [0.717, 1.165) is 12.8 Å². The minimum atomic E-state index is 0. The monoisotopic (exact) mass is 458 g/mol. The van der Waals surface area contributed by atoms with Gasteiger partial charge in [0.1, 0.15) is 0 Å². The van der Waals surface area contributed by atoms with Gasteiger partial charge in [0.2, 0.25) is 0 Å². The van der Waals surface area contributed by atoms with Crippen LogP contribution in [-0.4, -0.2) is 0 Å². The zero-order valence-electron chi connectivity index (χ0n) is 14.8. The average Bonchev–Trinajstić information content (AvgIpc) is 3.33. The predicted octanol–water partition coefficient (Wildman–Crippen LogP) is -0.0386. The molecule has 3 aliphatic carbocycles. The third-order valence-electron chi connectivity index (χ3n) is 6.21. The van der Waals surface area contributed by atoms with Gasteiger partial charge in [0.05, 0.1) is 0 Å². The molecule has 0 heterocycles. The Morgan fingerprint density at radius 3 is 2.27 bits per heavy atom. The van der Waals surface area contributed by atoms with Crippen LogP contribution in [0.25, 0.3) is 11.1 Å². The Hall–Kier alpha value is -0.617. The van der Waals surface area contributed by atoms with E-state index < -0.39 is 0 Å². The normalized spacial score (nSPS) is 18.1. The maximum atomic E-state index is 2.43.